The number of hydrogen-bond donors (Lipinski definition) is 1. The molecule has 2 atom stereocenters. The second-order valence-electron chi connectivity index (χ2n) is 5.75. The number of ether oxygens (including phenoxy) is 1. The Kier molecular flexibility index (Phi) is 6.87. The summed E-state index contributed by atoms with van der Waals surface area (Å²) < 4.78 is 81.6. The van der Waals surface area contributed by atoms with E-state index in [4.69, 9.17) is 9.84 Å². The number of alkyl halides is 6. The Labute approximate surface area is 140 Å². The first kappa shape index (κ1) is 21.3. The van der Waals surface area contributed by atoms with Gasteiger partial charge >= 0.3 is 18.3 Å². The second kappa shape index (κ2) is 8.07. The molecule has 0 bridgehead atoms. The summed E-state index contributed by atoms with van der Waals surface area (Å²) in [5, 5.41) is 8.63. The van der Waals surface area contributed by atoms with E-state index in [1.165, 1.54) is 0 Å². The maximum Gasteiger partial charge on any atom is 0.415 e. The molecule has 0 aliphatic carbocycles. The molecule has 1 aliphatic heterocycles. The van der Waals surface area contributed by atoms with Crippen molar-refractivity contribution in [1.29, 1.82) is 0 Å². The minimum absolute atomic E-state index is 0.140. The van der Waals surface area contributed by atoms with Gasteiger partial charge in [0, 0.05) is 17.6 Å². The molecule has 0 spiro atoms. The van der Waals surface area contributed by atoms with Crippen LogP contribution >= 0.6 is 0 Å². The van der Waals surface area contributed by atoms with Gasteiger partial charge in [0.1, 0.15) is 0 Å². The van der Waals surface area contributed by atoms with Crippen LogP contribution in [0.15, 0.2) is 35.5 Å². The molecule has 9 heteroatoms. The molecule has 1 fully saturated rings. The fourth-order valence-corrected chi connectivity index (χ4v) is 2.29. The van der Waals surface area contributed by atoms with Crippen LogP contribution in [-0.4, -0.2) is 35.6 Å². The van der Waals surface area contributed by atoms with E-state index in [1.807, 2.05) is 0 Å². The first-order chi connectivity index (χ1) is 11.3. The van der Waals surface area contributed by atoms with Crippen LogP contribution in [0.3, 0.4) is 0 Å². The fraction of sp³-hybridized carbons (Fsp3) is 0.562. The van der Waals surface area contributed by atoms with Gasteiger partial charge in [0.05, 0.1) is 12.2 Å². The lowest BCUT2D eigenvalue weighted by molar-refractivity contribution is -0.137. The van der Waals surface area contributed by atoms with Crippen molar-refractivity contribution in [3.8, 4) is 0 Å². The van der Waals surface area contributed by atoms with Crippen molar-refractivity contribution in [3.63, 3.8) is 0 Å². The maximum atomic E-state index is 12.7. The number of halogens is 6. The maximum absolute atomic E-state index is 12.7. The van der Waals surface area contributed by atoms with Crippen molar-refractivity contribution in [3.05, 3.63) is 35.5 Å². The molecule has 0 aromatic rings. The predicted octanol–water partition coefficient (Wildman–Crippen LogP) is 4.95. The zero-order valence-electron chi connectivity index (χ0n) is 13.4. The molecule has 0 saturated carbocycles. The van der Waals surface area contributed by atoms with Crippen LogP contribution in [0.2, 0.25) is 0 Å². The van der Waals surface area contributed by atoms with Gasteiger partial charge in [-0.05, 0) is 43.9 Å². The van der Waals surface area contributed by atoms with Crippen molar-refractivity contribution in [2.75, 3.05) is 0 Å². The highest BCUT2D eigenvalue weighted by atomic mass is 19.4. The predicted molar refractivity (Wildman–Crippen MR) is 77.9 cm³/mol. The van der Waals surface area contributed by atoms with E-state index in [9.17, 15) is 31.1 Å². The van der Waals surface area contributed by atoms with Crippen molar-refractivity contribution in [2.24, 2.45) is 0 Å². The lowest BCUT2D eigenvalue weighted by Gasteiger charge is -2.17. The number of allylic oxidation sites excluding steroid dienone is 3. The Bertz CT molecular complexity index is 571. The molecule has 0 aromatic heterocycles. The lowest BCUT2D eigenvalue weighted by atomic mass is 10.0. The lowest BCUT2D eigenvalue weighted by Crippen LogP contribution is -2.17. The molecule has 0 radical (unpaired) electrons. The first-order valence-corrected chi connectivity index (χ1v) is 7.41. The zero-order valence-corrected chi connectivity index (χ0v) is 13.4. The Morgan fingerprint density at radius 2 is 1.76 bits per heavy atom. The van der Waals surface area contributed by atoms with Crippen LogP contribution in [0.4, 0.5) is 26.3 Å². The molecule has 1 rings (SSSR count). The van der Waals surface area contributed by atoms with Crippen LogP contribution in [-0.2, 0) is 9.53 Å². The van der Waals surface area contributed by atoms with Gasteiger partial charge < -0.3 is 9.84 Å². The molecule has 1 aliphatic rings. The number of carbonyl (C=O) groups is 1. The van der Waals surface area contributed by atoms with Crippen molar-refractivity contribution >= 4 is 5.97 Å². The molecular formula is C16H18F6O3. The average Bonchev–Trinajstić information content (AvgIpc) is 2.90. The Hall–Kier alpha value is -1.77. The summed E-state index contributed by atoms with van der Waals surface area (Å²) in [5.41, 5.74) is -2.63. The van der Waals surface area contributed by atoms with E-state index in [0.717, 1.165) is 6.92 Å². The summed E-state index contributed by atoms with van der Waals surface area (Å²) in [7, 11) is 0. The van der Waals surface area contributed by atoms with Gasteiger partial charge in [-0.25, -0.2) is 0 Å². The van der Waals surface area contributed by atoms with Gasteiger partial charge in [-0.1, -0.05) is 6.58 Å². The standard InChI is InChI=1S/C16H18F6O3/c1-9(15(17,18)19)7-11(8-10(2)16(20,21)22)13-5-3-12(25-13)4-6-14(23)24/h7-8,12-13H,1,3-6H2,2H3,(H,23,24)/b10-8+,11-7+/t12-,13+/m1/s1. The highest BCUT2D eigenvalue weighted by Crippen LogP contribution is 2.34. The van der Waals surface area contributed by atoms with E-state index in [2.05, 4.69) is 6.58 Å². The van der Waals surface area contributed by atoms with E-state index in [1.54, 1.807) is 0 Å². The number of hydrogen-bond acceptors (Lipinski definition) is 2. The van der Waals surface area contributed by atoms with Crippen LogP contribution in [0.1, 0.15) is 32.6 Å². The third-order valence-corrected chi connectivity index (χ3v) is 3.69. The molecule has 25 heavy (non-hydrogen) atoms. The van der Waals surface area contributed by atoms with Crippen LogP contribution in [0, 0.1) is 0 Å². The van der Waals surface area contributed by atoms with Crippen molar-refractivity contribution in [2.45, 2.75) is 57.2 Å². The van der Waals surface area contributed by atoms with Gasteiger partial charge in [-0.15, -0.1) is 0 Å². The second-order valence-corrected chi connectivity index (χ2v) is 5.75. The summed E-state index contributed by atoms with van der Waals surface area (Å²) in [6, 6.07) is 0. The largest absolute Gasteiger partial charge is 0.481 e. The summed E-state index contributed by atoms with van der Waals surface area (Å²) in [4.78, 5) is 10.5. The number of carboxylic acid groups (broad SMARTS) is 1. The van der Waals surface area contributed by atoms with Crippen LogP contribution in [0.25, 0.3) is 0 Å². The molecular weight excluding hydrogens is 354 g/mol. The van der Waals surface area contributed by atoms with Crippen molar-refractivity contribution in [1.82, 2.24) is 0 Å². The number of aliphatic carboxylic acids is 1. The van der Waals surface area contributed by atoms with E-state index >= 15 is 0 Å². The normalized spacial score (nSPS) is 23.0. The van der Waals surface area contributed by atoms with Gasteiger partial charge in [0.25, 0.3) is 0 Å². The molecule has 0 aromatic carbocycles. The van der Waals surface area contributed by atoms with Crippen LogP contribution < -0.4 is 0 Å². The average molecular weight is 372 g/mol. The van der Waals surface area contributed by atoms with E-state index < -0.39 is 41.7 Å². The molecule has 142 valence electrons. The van der Waals surface area contributed by atoms with Gasteiger partial charge in [-0.3, -0.25) is 4.79 Å². The third kappa shape index (κ3) is 6.93. The Morgan fingerprint density at radius 1 is 1.16 bits per heavy atom. The number of rotatable bonds is 6. The van der Waals surface area contributed by atoms with Gasteiger partial charge in [0.15, 0.2) is 0 Å². The van der Waals surface area contributed by atoms with E-state index in [0.29, 0.717) is 18.6 Å². The minimum Gasteiger partial charge on any atom is -0.481 e. The first-order valence-electron chi connectivity index (χ1n) is 7.41. The molecule has 1 saturated heterocycles. The highest BCUT2D eigenvalue weighted by molar-refractivity contribution is 5.66. The molecule has 1 N–H and O–H groups in total. The van der Waals surface area contributed by atoms with Gasteiger partial charge in [0.2, 0.25) is 0 Å². The van der Waals surface area contributed by atoms with Crippen molar-refractivity contribution < 1.29 is 41.0 Å². The highest BCUT2D eigenvalue weighted by Gasteiger charge is 2.35. The minimum atomic E-state index is -4.77. The SMILES string of the molecule is C=C(/C=C(\C=C(/C)C(F)(F)F)[C@@H]1CC[C@H](CCC(=O)O)O1)C(F)(F)F. The third-order valence-electron chi connectivity index (χ3n) is 3.69. The topological polar surface area (TPSA) is 46.5 Å². The number of carboxylic acids is 1. The summed E-state index contributed by atoms with van der Waals surface area (Å²) >= 11 is 0. The fourth-order valence-electron chi connectivity index (χ4n) is 2.29. The van der Waals surface area contributed by atoms with Gasteiger partial charge in [-0.2, -0.15) is 26.3 Å². The summed E-state index contributed by atoms with van der Waals surface area (Å²) in [6.45, 7) is 3.59. The molecule has 1 heterocycles. The summed E-state index contributed by atoms with van der Waals surface area (Å²) in [6.07, 6.45) is -9.30. The zero-order chi connectivity index (χ0) is 19.4. The Morgan fingerprint density at radius 3 is 2.24 bits per heavy atom. The molecule has 0 unspecified atom stereocenters. The Balaban J connectivity index is 3.02. The molecule has 3 nitrogen and oxygen atoms in total. The quantitative estimate of drug-likeness (QED) is 0.530. The smallest absolute Gasteiger partial charge is 0.415 e. The molecule has 0 amide bonds. The monoisotopic (exact) mass is 372 g/mol. The summed E-state index contributed by atoms with van der Waals surface area (Å²) in [5.74, 6) is -1.05. The van der Waals surface area contributed by atoms with E-state index in [-0.39, 0.29) is 24.8 Å². The van der Waals surface area contributed by atoms with Crippen LogP contribution in [0.5, 0.6) is 0 Å².